The summed E-state index contributed by atoms with van der Waals surface area (Å²) in [4.78, 5) is 18.5. The number of nitrogens with zero attached hydrogens (tertiary/aromatic N) is 1. The number of benzene rings is 1. The molecule has 88 valence electrons. The van der Waals surface area contributed by atoms with Gasteiger partial charge in [0.1, 0.15) is 11.5 Å². The number of hydrogen-bond donors (Lipinski definition) is 2. The number of imidazole rings is 1. The van der Waals surface area contributed by atoms with Crippen LogP contribution in [0.1, 0.15) is 16.3 Å². The Hall–Kier alpha value is -1.27. The van der Waals surface area contributed by atoms with Crippen LogP contribution < -0.4 is 0 Å². The Morgan fingerprint density at radius 3 is 3.00 bits per heavy atom. The fourth-order valence-corrected chi connectivity index (χ4v) is 2.64. The number of thioether (sulfide) groups is 1. The average molecular weight is 313 g/mol. The third kappa shape index (κ3) is 3.34. The molecule has 0 aliphatic heterocycles. The van der Waals surface area contributed by atoms with Crippen molar-refractivity contribution in [2.75, 3.05) is 0 Å². The molecule has 2 N–H and O–H groups in total. The highest BCUT2D eigenvalue weighted by molar-refractivity contribution is 9.10. The number of aromatic carboxylic acids is 1. The third-order valence-corrected chi connectivity index (χ3v) is 3.53. The van der Waals surface area contributed by atoms with Crippen LogP contribution in [0, 0.1) is 0 Å². The molecule has 0 amide bonds. The first-order valence-electron chi connectivity index (χ1n) is 4.80. The van der Waals surface area contributed by atoms with Gasteiger partial charge in [-0.2, -0.15) is 0 Å². The van der Waals surface area contributed by atoms with E-state index in [1.807, 2.05) is 24.3 Å². The van der Waals surface area contributed by atoms with Gasteiger partial charge >= 0.3 is 5.97 Å². The standard InChI is InChI=1S/C11H9BrN2O2S/c12-7-2-1-3-8(4-7)17-6-10-13-5-9(14-10)11(15)16/h1-5H,6H2,(H,13,14)(H,15,16). The van der Waals surface area contributed by atoms with E-state index in [0.29, 0.717) is 11.6 Å². The van der Waals surface area contributed by atoms with E-state index in [0.717, 1.165) is 9.37 Å². The molecule has 0 bridgehead atoms. The van der Waals surface area contributed by atoms with Gasteiger partial charge in [-0.3, -0.25) is 0 Å². The summed E-state index contributed by atoms with van der Waals surface area (Å²) in [6.45, 7) is 0. The van der Waals surface area contributed by atoms with Crippen LogP contribution in [0.2, 0.25) is 0 Å². The van der Waals surface area contributed by atoms with E-state index in [2.05, 4.69) is 25.9 Å². The second kappa shape index (κ2) is 5.37. The molecule has 17 heavy (non-hydrogen) atoms. The number of H-pyrrole nitrogens is 1. The lowest BCUT2D eigenvalue weighted by atomic mass is 10.4. The SMILES string of the molecule is O=C(O)c1cnc(CSc2cccc(Br)c2)[nH]1. The summed E-state index contributed by atoms with van der Waals surface area (Å²) in [6, 6.07) is 7.92. The molecule has 0 aliphatic rings. The minimum absolute atomic E-state index is 0.120. The van der Waals surface area contributed by atoms with Crippen LogP contribution >= 0.6 is 27.7 Å². The first-order chi connectivity index (χ1) is 8.15. The highest BCUT2D eigenvalue weighted by Crippen LogP contribution is 2.24. The highest BCUT2D eigenvalue weighted by atomic mass is 79.9. The van der Waals surface area contributed by atoms with E-state index in [4.69, 9.17) is 5.11 Å². The van der Waals surface area contributed by atoms with Gasteiger partial charge in [-0.25, -0.2) is 9.78 Å². The summed E-state index contributed by atoms with van der Waals surface area (Å²) in [5, 5.41) is 8.74. The van der Waals surface area contributed by atoms with Gasteiger partial charge in [0.15, 0.2) is 0 Å². The molecule has 0 atom stereocenters. The smallest absolute Gasteiger partial charge is 0.353 e. The maximum atomic E-state index is 10.6. The molecule has 0 saturated heterocycles. The second-order valence-corrected chi connectivity index (χ2v) is 5.26. The fourth-order valence-electron chi connectivity index (χ4n) is 1.25. The highest BCUT2D eigenvalue weighted by Gasteiger charge is 2.07. The van der Waals surface area contributed by atoms with Gasteiger partial charge in [-0.05, 0) is 18.2 Å². The number of hydrogen-bond acceptors (Lipinski definition) is 3. The van der Waals surface area contributed by atoms with E-state index in [1.54, 1.807) is 11.8 Å². The number of aromatic amines is 1. The van der Waals surface area contributed by atoms with E-state index in [9.17, 15) is 4.79 Å². The lowest BCUT2D eigenvalue weighted by Gasteiger charge is -1.99. The van der Waals surface area contributed by atoms with Crippen LogP contribution in [0.5, 0.6) is 0 Å². The molecule has 0 radical (unpaired) electrons. The molecule has 0 aliphatic carbocycles. The first-order valence-corrected chi connectivity index (χ1v) is 6.58. The predicted molar refractivity (Wildman–Crippen MR) is 69.3 cm³/mol. The van der Waals surface area contributed by atoms with Gasteiger partial charge < -0.3 is 10.1 Å². The van der Waals surface area contributed by atoms with Crippen molar-refractivity contribution < 1.29 is 9.90 Å². The van der Waals surface area contributed by atoms with Crippen molar-refractivity contribution in [3.05, 3.63) is 46.5 Å². The Bertz CT molecular complexity index is 542. The number of rotatable bonds is 4. The number of nitrogens with one attached hydrogen (secondary N) is 1. The molecule has 1 heterocycles. The molecule has 0 saturated carbocycles. The summed E-state index contributed by atoms with van der Waals surface area (Å²) in [7, 11) is 0. The fraction of sp³-hybridized carbons (Fsp3) is 0.0909. The molecule has 1 aromatic carbocycles. The molecule has 2 aromatic rings. The minimum Gasteiger partial charge on any atom is -0.477 e. The van der Waals surface area contributed by atoms with Crippen molar-refractivity contribution in [2.45, 2.75) is 10.6 Å². The second-order valence-electron chi connectivity index (χ2n) is 3.29. The monoisotopic (exact) mass is 312 g/mol. The molecule has 6 heteroatoms. The molecule has 0 unspecified atom stereocenters. The minimum atomic E-state index is -0.990. The number of aromatic nitrogens is 2. The average Bonchev–Trinajstić information content (AvgIpc) is 2.75. The van der Waals surface area contributed by atoms with Crippen molar-refractivity contribution in [1.29, 1.82) is 0 Å². The summed E-state index contributed by atoms with van der Waals surface area (Å²) in [6.07, 6.45) is 1.33. The lowest BCUT2D eigenvalue weighted by molar-refractivity contribution is 0.0691. The van der Waals surface area contributed by atoms with Gasteiger partial charge in [0.25, 0.3) is 0 Å². The predicted octanol–water partition coefficient (Wildman–Crippen LogP) is 3.16. The van der Waals surface area contributed by atoms with Gasteiger partial charge in [-0.15, -0.1) is 11.8 Å². The number of carbonyl (C=O) groups is 1. The Morgan fingerprint density at radius 1 is 1.53 bits per heavy atom. The van der Waals surface area contributed by atoms with Crippen LogP contribution in [-0.4, -0.2) is 21.0 Å². The Morgan fingerprint density at radius 2 is 2.35 bits per heavy atom. The van der Waals surface area contributed by atoms with E-state index in [1.165, 1.54) is 6.20 Å². The maximum absolute atomic E-state index is 10.6. The molecular weight excluding hydrogens is 304 g/mol. The zero-order valence-corrected chi connectivity index (χ0v) is 11.1. The third-order valence-electron chi connectivity index (χ3n) is 2.03. The van der Waals surface area contributed by atoms with Gasteiger partial charge in [-0.1, -0.05) is 22.0 Å². The normalized spacial score (nSPS) is 10.4. The van der Waals surface area contributed by atoms with Crippen LogP contribution in [0.3, 0.4) is 0 Å². The number of halogens is 1. The number of carboxylic acids is 1. The van der Waals surface area contributed by atoms with Crippen molar-refractivity contribution in [3.8, 4) is 0 Å². The van der Waals surface area contributed by atoms with Crippen molar-refractivity contribution >= 4 is 33.7 Å². The topological polar surface area (TPSA) is 66.0 Å². The molecule has 0 fully saturated rings. The van der Waals surface area contributed by atoms with E-state index in [-0.39, 0.29) is 5.69 Å². The van der Waals surface area contributed by atoms with Crippen LogP contribution in [0.15, 0.2) is 39.8 Å². The van der Waals surface area contributed by atoms with Crippen molar-refractivity contribution in [2.24, 2.45) is 0 Å². The lowest BCUT2D eigenvalue weighted by Crippen LogP contribution is -1.96. The largest absolute Gasteiger partial charge is 0.477 e. The summed E-state index contributed by atoms with van der Waals surface area (Å²) >= 11 is 4.99. The van der Waals surface area contributed by atoms with Crippen molar-refractivity contribution in [1.82, 2.24) is 9.97 Å². The van der Waals surface area contributed by atoms with Crippen molar-refractivity contribution in [3.63, 3.8) is 0 Å². The quantitative estimate of drug-likeness (QED) is 0.851. The molecule has 1 aromatic heterocycles. The Kier molecular flexibility index (Phi) is 3.86. The number of carboxylic acid groups (broad SMARTS) is 1. The Labute approximate surface area is 111 Å². The van der Waals surface area contributed by atoms with Crippen LogP contribution in [0.4, 0.5) is 0 Å². The maximum Gasteiger partial charge on any atom is 0.353 e. The van der Waals surface area contributed by atoms with Gasteiger partial charge in [0, 0.05) is 9.37 Å². The van der Waals surface area contributed by atoms with Gasteiger partial charge in [0.2, 0.25) is 0 Å². The summed E-state index contributed by atoms with van der Waals surface area (Å²) < 4.78 is 1.02. The first kappa shape index (κ1) is 12.2. The van der Waals surface area contributed by atoms with Crippen LogP contribution in [0.25, 0.3) is 0 Å². The molecular formula is C11H9BrN2O2S. The van der Waals surface area contributed by atoms with Gasteiger partial charge in [0.05, 0.1) is 11.9 Å². The van der Waals surface area contributed by atoms with E-state index < -0.39 is 5.97 Å². The molecule has 2 rings (SSSR count). The summed E-state index contributed by atoms with van der Waals surface area (Å²) in [5.74, 6) is 0.285. The van der Waals surface area contributed by atoms with E-state index >= 15 is 0 Å². The zero-order chi connectivity index (χ0) is 12.3. The summed E-state index contributed by atoms with van der Waals surface area (Å²) in [5.41, 5.74) is 0.120. The zero-order valence-electron chi connectivity index (χ0n) is 8.68. The molecule has 4 nitrogen and oxygen atoms in total. The Balaban J connectivity index is 2.00. The molecule has 0 spiro atoms. The van der Waals surface area contributed by atoms with Crippen LogP contribution in [-0.2, 0) is 5.75 Å².